The van der Waals surface area contributed by atoms with Crippen molar-refractivity contribution in [3.63, 3.8) is 0 Å². The van der Waals surface area contributed by atoms with E-state index in [0.717, 1.165) is 30.5 Å². The molecular weight excluding hydrogens is 374 g/mol. The third-order valence-electron chi connectivity index (χ3n) is 5.68. The first-order chi connectivity index (χ1) is 14.7. The smallest absolute Gasteiger partial charge is 0.227 e. The van der Waals surface area contributed by atoms with Crippen LogP contribution in [0.2, 0.25) is 0 Å². The number of carbonyl (C=O) groups is 1. The fraction of sp³-hybridized carbons (Fsp3) is 0.292. The van der Waals surface area contributed by atoms with Crippen molar-refractivity contribution in [3.8, 4) is 11.8 Å². The highest BCUT2D eigenvalue weighted by Gasteiger charge is 2.25. The normalized spacial score (nSPS) is 15.2. The number of carbonyl (C=O) groups excluding carboxylic acids is 1. The molecule has 152 valence electrons. The van der Waals surface area contributed by atoms with E-state index in [0.29, 0.717) is 36.5 Å². The number of para-hydroxylation sites is 1. The van der Waals surface area contributed by atoms with Crippen LogP contribution in [0.25, 0.3) is 5.69 Å². The van der Waals surface area contributed by atoms with E-state index < -0.39 is 0 Å². The van der Waals surface area contributed by atoms with Gasteiger partial charge in [-0.15, -0.1) is 0 Å². The van der Waals surface area contributed by atoms with Crippen molar-refractivity contribution >= 4 is 11.7 Å². The van der Waals surface area contributed by atoms with E-state index in [9.17, 15) is 10.1 Å². The Morgan fingerprint density at radius 1 is 1.20 bits per heavy atom. The molecule has 1 amide bonds. The molecular formula is C24H25N5O. The number of nitrogens with zero attached hydrogens (tertiary/aromatic N) is 3. The maximum atomic E-state index is 12.7. The highest BCUT2D eigenvalue weighted by Crippen LogP contribution is 2.31. The molecule has 3 N–H and O–H groups in total. The lowest BCUT2D eigenvalue weighted by Gasteiger charge is -2.24. The minimum atomic E-state index is -0.0717. The Hall–Kier alpha value is -3.59. The first kappa shape index (κ1) is 19.7. The van der Waals surface area contributed by atoms with Gasteiger partial charge in [0.05, 0.1) is 17.3 Å². The summed E-state index contributed by atoms with van der Waals surface area (Å²) in [5, 5.41) is 17.1. The number of aryl methyl sites for hydroxylation is 2. The number of aromatic nitrogens is 2. The number of nitrogen functional groups attached to an aromatic ring is 1. The van der Waals surface area contributed by atoms with E-state index in [2.05, 4.69) is 28.6 Å². The first-order valence-electron chi connectivity index (χ1n) is 10.4. The summed E-state index contributed by atoms with van der Waals surface area (Å²) in [5.41, 5.74) is 10.5. The van der Waals surface area contributed by atoms with E-state index >= 15 is 0 Å². The van der Waals surface area contributed by atoms with Crippen LogP contribution in [0.4, 0.5) is 5.82 Å². The van der Waals surface area contributed by atoms with Crippen LogP contribution in [0.5, 0.6) is 0 Å². The van der Waals surface area contributed by atoms with Gasteiger partial charge >= 0.3 is 0 Å². The number of fused-ring (bicyclic) bond motifs is 1. The van der Waals surface area contributed by atoms with Crippen molar-refractivity contribution in [1.82, 2.24) is 15.1 Å². The van der Waals surface area contributed by atoms with Gasteiger partial charge in [0, 0.05) is 6.54 Å². The third-order valence-corrected chi connectivity index (χ3v) is 5.68. The quantitative estimate of drug-likeness (QED) is 0.620. The lowest BCUT2D eigenvalue weighted by molar-refractivity contribution is -0.122. The third kappa shape index (κ3) is 3.92. The Balaban J connectivity index is 1.38. The number of nitriles is 1. The van der Waals surface area contributed by atoms with Crippen LogP contribution < -0.4 is 11.1 Å². The van der Waals surface area contributed by atoms with Gasteiger partial charge in [-0.3, -0.25) is 4.79 Å². The summed E-state index contributed by atoms with van der Waals surface area (Å²) in [4.78, 5) is 12.7. The number of hydrogen-bond donors (Lipinski definition) is 2. The van der Waals surface area contributed by atoms with Gasteiger partial charge in [0.25, 0.3) is 0 Å². The largest absolute Gasteiger partial charge is 0.382 e. The summed E-state index contributed by atoms with van der Waals surface area (Å²) in [6, 6.07) is 19.9. The summed E-state index contributed by atoms with van der Waals surface area (Å²) >= 11 is 0. The van der Waals surface area contributed by atoms with Crippen LogP contribution in [0.3, 0.4) is 0 Å². The lowest BCUT2D eigenvalue weighted by atomic mass is 9.82. The molecule has 0 saturated carbocycles. The Morgan fingerprint density at radius 3 is 2.77 bits per heavy atom. The van der Waals surface area contributed by atoms with E-state index in [1.165, 1.54) is 5.56 Å². The molecule has 3 aromatic rings. The van der Waals surface area contributed by atoms with Gasteiger partial charge in [0.2, 0.25) is 5.91 Å². The second-order valence-corrected chi connectivity index (χ2v) is 7.60. The summed E-state index contributed by atoms with van der Waals surface area (Å²) in [5.74, 6) is 0.357. The van der Waals surface area contributed by atoms with Crippen molar-refractivity contribution < 1.29 is 4.79 Å². The first-order valence-corrected chi connectivity index (χ1v) is 10.4. The van der Waals surface area contributed by atoms with Crippen LogP contribution in [0.1, 0.15) is 47.6 Å². The summed E-state index contributed by atoms with van der Waals surface area (Å²) in [6.07, 6.45) is 4.24. The van der Waals surface area contributed by atoms with Gasteiger partial charge in [0.1, 0.15) is 17.5 Å². The molecule has 1 heterocycles. The molecule has 1 aliphatic rings. The zero-order valence-electron chi connectivity index (χ0n) is 16.8. The summed E-state index contributed by atoms with van der Waals surface area (Å²) in [7, 11) is 0. The molecule has 0 radical (unpaired) electrons. The molecule has 0 spiro atoms. The maximum Gasteiger partial charge on any atom is 0.227 e. The van der Waals surface area contributed by atoms with Gasteiger partial charge in [0.15, 0.2) is 0 Å². The van der Waals surface area contributed by atoms with E-state index in [-0.39, 0.29) is 11.8 Å². The number of anilines is 1. The Labute approximate surface area is 176 Å². The lowest BCUT2D eigenvalue weighted by Crippen LogP contribution is -2.32. The fourth-order valence-corrected chi connectivity index (χ4v) is 4.16. The number of nitrogens with one attached hydrogen (secondary N) is 1. The van der Waals surface area contributed by atoms with Crippen LogP contribution in [0, 0.1) is 11.3 Å². The van der Waals surface area contributed by atoms with Crippen molar-refractivity contribution in [2.45, 2.75) is 38.0 Å². The molecule has 6 heteroatoms. The molecule has 1 aromatic heterocycles. The molecule has 1 unspecified atom stereocenters. The standard InChI is InChI=1S/C24H25N5O/c25-16-21-22(28-29(23(21)26)18-10-2-1-3-11-18)14-7-15-27-24(30)20-13-6-9-17-8-4-5-12-19(17)20/h1-5,8,10-12,20H,6-7,9,13-15,26H2,(H,27,30). The fourth-order valence-electron chi connectivity index (χ4n) is 4.16. The number of amides is 1. The molecule has 30 heavy (non-hydrogen) atoms. The molecule has 1 aliphatic carbocycles. The van der Waals surface area contributed by atoms with Crippen molar-refractivity contribution in [2.75, 3.05) is 12.3 Å². The number of rotatable bonds is 6. The molecule has 0 saturated heterocycles. The molecule has 2 aromatic carbocycles. The Kier molecular flexibility index (Phi) is 5.80. The Morgan fingerprint density at radius 2 is 1.97 bits per heavy atom. The van der Waals surface area contributed by atoms with Gasteiger partial charge in [-0.25, -0.2) is 4.68 Å². The SMILES string of the molecule is N#Cc1c(CCCNC(=O)C2CCCc3ccccc32)nn(-c2ccccc2)c1N. The number of benzene rings is 2. The topological polar surface area (TPSA) is 96.7 Å². The van der Waals surface area contributed by atoms with Gasteiger partial charge < -0.3 is 11.1 Å². The van der Waals surface area contributed by atoms with E-state index in [4.69, 9.17) is 5.73 Å². The van der Waals surface area contributed by atoms with Gasteiger partial charge in [-0.05, 0) is 55.4 Å². The van der Waals surface area contributed by atoms with Crippen molar-refractivity contribution in [2.24, 2.45) is 0 Å². The predicted molar refractivity (Wildman–Crippen MR) is 116 cm³/mol. The highest BCUT2D eigenvalue weighted by molar-refractivity contribution is 5.84. The van der Waals surface area contributed by atoms with Crippen LogP contribution >= 0.6 is 0 Å². The predicted octanol–water partition coefficient (Wildman–Crippen LogP) is 3.50. The van der Waals surface area contributed by atoms with Gasteiger partial charge in [-0.1, -0.05) is 42.5 Å². The van der Waals surface area contributed by atoms with Crippen molar-refractivity contribution in [1.29, 1.82) is 5.26 Å². The number of hydrogen-bond acceptors (Lipinski definition) is 4. The molecule has 6 nitrogen and oxygen atoms in total. The Bertz CT molecular complexity index is 1080. The molecule has 4 rings (SSSR count). The van der Waals surface area contributed by atoms with Gasteiger partial charge in [-0.2, -0.15) is 10.4 Å². The minimum absolute atomic E-state index is 0.0717. The second-order valence-electron chi connectivity index (χ2n) is 7.60. The monoisotopic (exact) mass is 399 g/mol. The molecule has 0 bridgehead atoms. The number of nitrogens with two attached hydrogens (primary N) is 1. The average molecular weight is 399 g/mol. The molecule has 0 aliphatic heterocycles. The summed E-state index contributed by atoms with van der Waals surface area (Å²) in [6.45, 7) is 0.542. The highest BCUT2D eigenvalue weighted by atomic mass is 16.1. The molecule has 1 atom stereocenters. The van der Waals surface area contributed by atoms with Crippen LogP contribution in [-0.4, -0.2) is 22.2 Å². The zero-order chi connectivity index (χ0) is 20.9. The summed E-state index contributed by atoms with van der Waals surface area (Å²) < 4.78 is 1.60. The van der Waals surface area contributed by atoms with E-state index in [1.807, 2.05) is 42.5 Å². The zero-order valence-corrected chi connectivity index (χ0v) is 16.8. The maximum absolute atomic E-state index is 12.7. The minimum Gasteiger partial charge on any atom is -0.382 e. The van der Waals surface area contributed by atoms with Crippen LogP contribution in [0.15, 0.2) is 54.6 Å². The van der Waals surface area contributed by atoms with Crippen LogP contribution in [-0.2, 0) is 17.6 Å². The average Bonchev–Trinajstić information content (AvgIpc) is 3.11. The molecule has 0 fully saturated rings. The second kappa shape index (κ2) is 8.83. The van der Waals surface area contributed by atoms with E-state index in [1.54, 1.807) is 4.68 Å². The van der Waals surface area contributed by atoms with Crippen molar-refractivity contribution in [3.05, 3.63) is 77.0 Å².